The van der Waals surface area contributed by atoms with Gasteiger partial charge in [0.1, 0.15) is 0 Å². The monoisotopic (exact) mass is 283 g/mol. The second-order valence-electron chi connectivity index (χ2n) is 6.88. The van der Waals surface area contributed by atoms with Gasteiger partial charge in [-0.15, -0.1) is 0 Å². The van der Waals surface area contributed by atoms with E-state index in [0.29, 0.717) is 6.54 Å². The number of hydrogen-bond acceptors (Lipinski definition) is 3. The van der Waals surface area contributed by atoms with Crippen LogP contribution in [0.25, 0.3) is 0 Å². The molecule has 0 radical (unpaired) electrons. The standard InChI is InChI=1S/C15H29N3O2/c1-15(2,3)17-13(19)10-18(4)14(20)12-8-6-5-7-11(12)9-16/h11-12H,5-10,16H2,1-4H3,(H,17,19). The largest absolute Gasteiger partial charge is 0.350 e. The van der Waals surface area contributed by atoms with E-state index in [1.165, 1.54) is 0 Å². The predicted octanol–water partition coefficient (Wildman–Crippen LogP) is 1.12. The maximum atomic E-state index is 12.5. The molecular weight excluding hydrogens is 254 g/mol. The number of hydrogen-bond donors (Lipinski definition) is 2. The zero-order chi connectivity index (χ0) is 15.3. The average molecular weight is 283 g/mol. The Labute approximate surface area is 122 Å². The van der Waals surface area contributed by atoms with Crippen LogP contribution in [-0.4, -0.2) is 42.4 Å². The molecule has 0 aromatic rings. The number of nitrogens with two attached hydrogens (primary N) is 1. The molecule has 0 aliphatic heterocycles. The van der Waals surface area contributed by atoms with Gasteiger partial charge < -0.3 is 16.0 Å². The van der Waals surface area contributed by atoms with Crippen LogP contribution in [0.1, 0.15) is 46.5 Å². The summed E-state index contributed by atoms with van der Waals surface area (Å²) in [6.07, 6.45) is 4.15. The van der Waals surface area contributed by atoms with Crippen molar-refractivity contribution in [2.75, 3.05) is 20.1 Å². The molecule has 0 aromatic carbocycles. The molecule has 20 heavy (non-hydrogen) atoms. The lowest BCUT2D eigenvalue weighted by atomic mass is 9.78. The third-order valence-electron chi connectivity index (χ3n) is 3.80. The lowest BCUT2D eigenvalue weighted by Gasteiger charge is -2.33. The first-order valence-electron chi connectivity index (χ1n) is 7.50. The molecule has 0 aromatic heterocycles. The predicted molar refractivity (Wildman–Crippen MR) is 80.0 cm³/mol. The summed E-state index contributed by atoms with van der Waals surface area (Å²) in [5.74, 6) is 0.197. The summed E-state index contributed by atoms with van der Waals surface area (Å²) in [5, 5.41) is 2.88. The van der Waals surface area contributed by atoms with E-state index >= 15 is 0 Å². The van der Waals surface area contributed by atoms with Crippen LogP contribution in [-0.2, 0) is 9.59 Å². The number of rotatable bonds is 4. The summed E-state index contributed by atoms with van der Waals surface area (Å²) >= 11 is 0. The highest BCUT2D eigenvalue weighted by molar-refractivity contribution is 5.86. The number of likely N-dealkylation sites (N-methyl/N-ethyl adjacent to an activating group) is 1. The summed E-state index contributed by atoms with van der Waals surface area (Å²) in [7, 11) is 1.70. The third-order valence-corrected chi connectivity index (χ3v) is 3.80. The molecule has 2 atom stereocenters. The highest BCUT2D eigenvalue weighted by Gasteiger charge is 2.32. The van der Waals surface area contributed by atoms with E-state index in [0.717, 1.165) is 25.7 Å². The number of nitrogens with one attached hydrogen (secondary N) is 1. The minimum Gasteiger partial charge on any atom is -0.350 e. The molecule has 3 N–H and O–H groups in total. The summed E-state index contributed by atoms with van der Waals surface area (Å²) < 4.78 is 0. The van der Waals surface area contributed by atoms with E-state index in [1.807, 2.05) is 20.8 Å². The number of nitrogens with zero attached hydrogens (tertiary/aromatic N) is 1. The van der Waals surface area contributed by atoms with Gasteiger partial charge in [0.2, 0.25) is 11.8 Å². The minimum absolute atomic E-state index is 0.0128. The van der Waals surface area contributed by atoms with E-state index < -0.39 is 0 Å². The Morgan fingerprint density at radius 2 is 1.85 bits per heavy atom. The van der Waals surface area contributed by atoms with Crippen molar-refractivity contribution in [2.45, 2.75) is 52.0 Å². The fourth-order valence-corrected chi connectivity index (χ4v) is 2.85. The molecule has 0 bridgehead atoms. The van der Waals surface area contributed by atoms with E-state index in [-0.39, 0.29) is 35.7 Å². The maximum Gasteiger partial charge on any atom is 0.240 e. The van der Waals surface area contributed by atoms with Crippen LogP contribution in [0.15, 0.2) is 0 Å². The van der Waals surface area contributed by atoms with Crippen molar-refractivity contribution in [3.8, 4) is 0 Å². The summed E-state index contributed by atoms with van der Waals surface area (Å²) in [6.45, 7) is 6.46. The summed E-state index contributed by atoms with van der Waals surface area (Å²) in [6, 6.07) is 0. The van der Waals surface area contributed by atoms with E-state index in [4.69, 9.17) is 5.73 Å². The molecule has 2 unspecified atom stereocenters. The molecule has 0 saturated heterocycles. The molecule has 5 heteroatoms. The molecule has 1 aliphatic rings. The SMILES string of the molecule is CN(CC(=O)NC(C)(C)C)C(=O)C1CCCCC1CN. The molecule has 1 fully saturated rings. The van der Waals surface area contributed by atoms with E-state index in [9.17, 15) is 9.59 Å². The Bertz CT molecular complexity index is 350. The average Bonchev–Trinajstić information content (AvgIpc) is 2.35. The van der Waals surface area contributed by atoms with Crippen LogP contribution < -0.4 is 11.1 Å². The van der Waals surface area contributed by atoms with Crippen LogP contribution in [0.5, 0.6) is 0 Å². The zero-order valence-electron chi connectivity index (χ0n) is 13.2. The third kappa shape index (κ3) is 5.12. The molecule has 1 rings (SSSR count). The molecule has 1 aliphatic carbocycles. The van der Waals surface area contributed by atoms with Crippen molar-refractivity contribution in [2.24, 2.45) is 17.6 Å². The topological polar surface area (TPSA) is 75.4 Å². The molecule has 2 amide bonds. The molecule has 0 heterocycles. The van der Waals surface area contributed by atoms with Gasteiger partial charge in [-0.2, -0.15) is 0 Å². The fourth-order valence-electron chi connectivity index (χ4n) is 2.85. The molecular formula is C15H29N3O2. The van der Waals surface area contributed by atoms with Gasteiger partial charge in [-0.05, 0) is 46.1 Å². The van der Waals surface area contributed by atoms with Crippen molar-refractivity contribution in [3.63, 3.8) is 0 Å². The first kappa shape index (κ1) is 17.0. The number of carbonyl (C=O) groups is 2. The van der Waals surface area contributed by atoms with Crippen molar-refractivity contribution in [1.82, 2.24) is 10.2 Å². The van der Waals surface area contributed by atoms with Gasteiger partial charge in [-0.3, -0.25) is 9.59 Å². The van der Waals surface area contributed by atoms with Crippen molar-refractivity contribution in [1.29, 1.82) is 0 Å². The lowest BCUT2D eigenvalue weighted by molar-refractivity contribution is -0.140. The quantitative estimate of drug-likeness (QED) is 0.812. The zero-order valence-corrected chi connectivity index (χ0v) is 13.2. The van der Waals surface area contributed by atoms with Crippen LogP contribution in [0.3, 0.4) is 0 Å². The number of amides is 2. The highest BCUT2D eigenvalue weighted by Crippen LogP contribution is 2.30. The van der Waals surface area contributed by atoms with Crippen LogP contribution in [0, 0.1) is 11.8 Å². The molecule has 116 valence electrons. The molecule has 0 spiro atoms. The Kier molecular flexibility index (Phi) is 5.99. The normalized spacial score (nSPS) is 23.2. The summed E-state index contributed by atoms with van der Waals surface area (Å²) in [4.78, 5) is 25.9. The second-order valence-corrected chi connectivity index (χ2v) is 6.88. The van der Waals surface area contributed by atoms with Gasteiger partial charge in [-0.25, -0.2) is 0 Å². The summed E-state index contributed by atoms with van der Waals surface area (Å²) in [5.41, 5.74) is 5.49. The Morgan fingerprint density at radius 3 is 2.40 bits per heavy atom. The van der Waals surface area contributed by atoms with Gasteiger partial charge in [0.15, 0.2) is 0 Å². The van der Waals surface area contributed by atoms with Gasteiger partial charge in [0.05, 0.1) is 6.54 Å². The van der Waals surface area contributed by atoms with Gasteiger partial charge in [0, 0.05) is 18.5 Å². The first-order valence-corrected chi connectivity index (χ1v) is 7.50. The van der Waals surface area contributed by atoms with Gasteiger partial charge >= 0.3 is 0 Å². The van der Waals surface area contributed by atoms with Gasteiger partial charge in [0.25, 0.3) is 0 Å². The van der Waals surface area contributed by atoms with Crippen LogP contribution in [0.2, 0.25) is 0 Å². The maximum absolute atomic E-state index is 12.5. The first-order chi connectivity index (χ1) is 9.24. The Morgan fingerprint density at radius 1 is 1.25 bits per heavy atom. The second kappa shape index (κ2) is 7.07. The van der Waals surface area contributed by atoms with Crippen molar-refractivity contribution < 1.29 is 9.59 Å². The Hall–Kier alpha value is -1.10. The number of carbonyl (C=O) groups excluding carboxylic acids is 2. The van der Waals surface area contributed by atoms with Crippen LogP contribution >= 0.6 is 0 Å². The minimum atomic E-state index is -0.272. The van der Waals surface area contributed by atoms with E-state index in [1.54, 1.807) is 11.9 Å². The van der Waals surface area contributed by atoms with E-state index in [2.05, 4.69) is 5.32 Å². The fraction of sp³-hybridized carbons (Fsp3) is 0.867. The van der Waals surface area contributed by atoms with Crippen LogP contribution in [0.4, 0.5) is 0 Å². The smallest absolute Gasteiger partial charge is 0.240 e. The molecule has 5 nitrogen and oxygen atoms in total. The lowest BCUT2D eigenvalue weighted by Crippen LogP contribution is -2.48. The Balaban J connectivity index is 2.55. The highest BCUT2D eigenvalue weighted by atomic mass is 16.2. The van der Waals surface area contributed by atoms with Crippen molar-refractivity contribution in [3.05, 3.63) is 0 Å². The van der Waals surface area contributed by atoms with Gasteiger partial charge in [-0.1, -0.05) is 12.8 Å². The van der Waals surface area contributed by atoms with Crippen molar-refractivity contribution >= 4 is 11.8 Å². The molecule has 1 saturated carbocycles.